The van der Waals surface area contributed by atoms with Crippen LogP contribution in [-0.2, 0) is 16.9 Å². The van der Waals surface area contributed by atoms with Gasteiger partial charge >= 0.3 is 0 Å². The number of rotatable bonds is 4. The van der Waals surface area contributed by atoms with E-state index in [1.165, 1.54) is 0 Å². The van der Waals surface area contributed by atoms with E-state index in [9.17, 15) is 9.90 Å². The van der Waals surface area contributed by atoms with Crippen molar-refractivity contribution in [1.82, 2.24) is 9.78 Å². The Balaban J connectivity index is 2.86. The number of aldehydes is 1. The van der Waals surface area contributed by atoms with Gasteiger partial charge < -0.3 is 9.90 Å². The molecular weight excluding hydrogens is 168 g/mol. The number of hydrogen-bond acceptors (Lipinski definition) is 3. The van der Waals surface area contributed by atoms with Gasteiger partial charge in [-0.2, -0.15) is 5.10 Å². The first-order valence-corrected chi connectivity index (χ1v) is 4.29. The molecule has 4 nitrogen and oxygen atoms in total. The standard InChI is InChI=1S/C9H14N2O2/c1-3-11-7-8(6-10-11)9(2,13)4-5-12/h5-7,13H,3-4H2,1-2H3. The number of carbonyl (C=O) groups excluding carboxylic acids is 1. The first kappa shape index (κ1) is 9.92. The highest BCUT2D eigenvalue weighted by atomic mass is 16.3. The third-order valence-corrected chi connectivity index (χ3v) is 2.06. The molecule has 0 aliphatic carbocycles. The summed E-state index contributed by atoms with van der Waals surface area (Å²) in [6.45, 7) is 4.33. The van der Waals surface area contributed by atoms with Crippen LogP contribution in [0, 0.1) is 0 Å². The summed E-state index contributed by atoms with van der Waals surface area (Å²) in [4.78, 5) is 10.3. The van der Waals surface area contributed by atoms with Crippen LogP contribution in [0.25, 0.3) is 0 Å². The summed E-state index contributed by atoms with van der Waals surface area (Å²) in [5.74, 6) is 0. The summed E-state index contributed by atoms with van der Waals surface area (Å²) < 4.78 is 1.72. The van der Waals surface area contributed by atoms with Crippen molar-refractivity contribution in [2.24, 2.45) is 0 Å². The summed E-state index contributed by atoms with van der Waals surface area (Å²) in [5.41, 5.74) is -0.406. The summed E-state index contributed by atoms with van der Waals surface area (Å²) in [5, 5.41) is 13.8. The van der Waals surface area contributed by atoms with Crippen LogP contribution in [0.4, 0.5) is 0 Å². The fraction of sp³-hybridized carbons (Fsp3) is 0.556. The van der Waals surface area contributed by atoms with Crippen molar-refractivity contribution in [3.05, 3.63) is 18.0 Å². The van der Waals surface area contributed by atoms with Crippen molar-refractivity contribution in [1.29, 1.82) is 0 Å². The molecule has 1 aromatic rings. The predicted molar refractivity (Wildman–Crippen MR) is 48.2 cm³/mol. The van der Waals surface area contributed by atoms with Crippen molar-refractivity contribution < 1.29 is 9.90 Å². The Kier molecular flexibility index (Phi) is 2.83. The van der Waals surface area contributed by atoms with Gasteiger partial charge in [-0.05, 0) is 13.8 Å². The Hall–Kier alpha value is -1.16. The van der Waals surface area contributed by atoms with Gasteiger partial charge in [-0.25, -0.2) is 0 Å². The molecule has 72 valence electrons. The van der Waals surface area contributed by atoms with Crippen LogP contribution >= 0.6 is 0 Å². The highest BCUT2D eigenvalue weighted by Crippen LogP contribution is 2.22. The molecule has 0 amide bonds. The van der Waals surface area contributed by atoms with Gasteiger partial charge in [0, 0.05) is 24.7 Å². The van der Waals surface area contributed by atoms with Crippen molar-refractivity contribution in [3.8, 4) is 0 Å². The lowest BCUT2D eigenvalue weighted by Gasteiger charge is -2.17. The molecular formula is C9H14N2O2. The average Bonchev–Trinajstić information content (AvgIpc) is 2.52. The molecule has 0 fully saturated rings. The number of aliphatic hydroxyl groups is 1. The van der Waals surface area contributed by atoms with Crippen molar-refractivity contribution in [2.75, 3.05) is 0 Å². The molecule has 0 saturated heterocycles. The van der Waals surface area contributed by atoms with E-state index in [1.807, 2.05) is 6.92 Å². The van der Waals surface area contributed by atoms with E-state index in [2.05, 4.69) is 5.10 Å². The molecule has 13 heavy (non-hydrogen) atoms. The van der Waals surface area contributed by atoms with Crippen LogP contribution in [0.5, 0.6) is 0 Å². The first-order chi connectivity index (χ1) is 6.10. The maximum atomic E-state index is 10.3. The van der Waals surface area contributed by atoms with Gasteiger partial charge in [-0.15, -0.1) is 0 Å². The number of nitrogens with zero attached hydrogens (tertiary/aromatic N) is 2. The van der Waals surface area contributed by atoms with Crippen molar-refractivity contribution in [2.45, 2.75) is 32.4 Å². The Morgan fingerprint density at radius 2 is 2.46 bits per heavy atom. The molecule has 1 aromatic heterocycles. The van der Waals surface area contributed by atoms with Gasteiger partial charge in [0.15, 0.2) is 0 Å². The lowest BCUT2D eigenvalue weighted by Crippen LogP contribution is -2.20. The van der Waals surface area contributed by atoms with Gasteiger partial charge in [0.25, 0.3) is 0 Å². The molecule has 0 bridgehead atoms. The summed E-state index contributed by atoms with van der Waals surface area (Å²) in [6, 6.07) is 0. The van der Waals surface area contributed by atoms with Crippen LogP contribution < -0.4 is 0 Å². The highest BCUT2D eigenvalue weighted by molar-refractivity contribution is 5.52. The zero-order valence-corrected chi connectivity index (χ0v) is 7.90. The molecule has 0 aliphatic rings. The minimum atomic E-state index is -1.09. The fourth-order valence-electron chi connectivity index (χ4n) is 1.09. The van der Waals surface area contributed by atoms with Gasteiger partial charge in [0.1, 0.15) is 6.29 Å². The highest BCUT2D eigenvalue weighted by Gasteiger charge is 2.23. The second-order valence-electron chi connectivity index (χ2n) is 3.23. The Bertz CT molecular complexity index is 292. The molecule has 1 unspecified atom stereocenters. The van der Waals surface area contributed by atoms with Crippen LogP contribution in [0.1, 0.15) is 25.8 Å². The smallest absolute Gasteiger partial charge is 0.123 e. The molecule has 1 heterocycles. The predicted octanol–water partition coefficient (Wildman–Crippen LogP) is 0.699. The minimum absolute atomic E-state index is 0.0996. The summed E-state index contributed by atoms with van der Waals surface area (Å²) in [6.07, 6.45) is 4.15. The zero-order chi connectivity index (χ0) is 9.90. The fourth-order valence-corrected chi connectivity index (χ4v) is 1.09. The third-order valence-electron chi connectivity index (χ3n) is 2.06. The van der Waals surface area contributed by atoms with E-state index in [4.69, 9.17) is 0 Å². The maximum Gasteiger partial charge on any atom is 0.123 e. The van der Waals surface area contributed by atoms with E-state index in [0.717, 1.165) is 6.54 Å². The summed E-state index contributed by atoms with van der Waals surface area (Å²) in [7, 11) is 0. The van der Waals surface area contributed by atoms with E-state index < -0.39 is 5.60 Å². The lowest BCUT2D eigenvalue weighted by atomic mass is 9.96. The normalized spacial score (nSPS) is 15.3. The van der Waals surface area contributed by atoms with E-state index in [1.54, 1.807) is 24.0 Å². The molecule has 0 aliphatic heterocycles. The zero-order valence-electron chi connectivity index (χ0n) is 7.90. The topological polar surface area (TPSA) is 55.1 Å². The molecule has 1 rings (SSSR count). The van der Waals surface area contributed by atoms with Crippen molar-refractivity contribution in [3.63, 3.8) is 0 Å². The van der Waals surface area contributed by atoms with Crippen LogP contribution in [0.15, 0.2) is 12.4 Å². The quantitative estimate of drug-likeness (QED) is 0.697. The van der Waals surface area contributed by atoms with E-state index in [-0.39, 0.29) is 6.42 Å². The second-order valence-corrected chi connectivity index (χ2v) is 3.23. The van der Waals surface area contributed by atoms with Crippen LogP contribution in [-0.4, -0.2) is 21.2 Å². The maximum absolute atomic E-state index is 10.3. The third kappa shape index (κ3) is 2.15. The Morgan fingerprint density at radius 1 is 1.77 bits per heavy atom. The molecule has 0 saturated carbocycles. The van der Waals surface area contributed by atoms with Gasteiger partial charge in [0.05, 0.1) is 11.8 Å². The number of carbonyl (C=O) groups is 1. The van der Waals surface area contributed by atoms with Crippen molar-refractivity contribution >= 4 is 6.29 Å². The molecule has 0 spiro atoms. The second kappa shape index (κ2) is 3.70. The largest absolute Gasteiger partial charge is 0.385 e. The lowest BCUT2D eigenvalue weighted by molar-refractivity contribution is -0.112. The van der Waals surface area contributed by atoms with Gasteiger partial charge in [0.2, 0.25) is 0 Å². The van der Waals surface area contributed by atoms with E-state index >= 15 is 0 Å². The van der Waals surface area contributed by atoms with E-state index in [0.29, 0.717) is 11.8 Å². The van der Waals surface area contributed by atoms with Crippen LogP contribution in [0.2, 0.25) is 0 Å². The number of hydrogen-bond donors (Lipinski definition) is 1. The Labute approximate surface area is 77.2 Å². The molecule has 4 heteroatoms. The Morgan fingerprint density at radius 3 is 2.92 bits per heavy atom. The van der Waals surface area contributed by atoms with Gasteiger partial charge in [-0.3, -0.25) is 4.68 Å². The molecule has 0 aromatic carbocycles. The minimum Gasteiger partial charge on any atom is -0.385 e. The molecule has 1 N–H and O–H groups in total. The average molecular weight is 182 g/mol. The van der Waals surface area contributed by atoms with Crippen LogP contribution in [0.3, 0.4) is 0 Å². The number of aromatic nitrogens is 2. The first-order valence-electron chi connectivity index (χ1n) is 4.29. The number of aryl methyl sites for hydroxylation is 1. The monoisotopic (exact) mass is 182 g/mol. The summed E-state index contributed by atoms with van der Waals surface area (Å²) >= 11 is 0. The SMILES string of the molecule is CCn1cc(C(C)(O)CC=O)cn1. The molecule has 1 atom stereocenters. The van der Waals surface area contributed by atoms with Gasteiger partial charge in [-0.1, -0.05) is 0 Å². The molecule has 0 radical (unpaired) electrons.